The van der Waals surface area contributed by atoms with Gasteiger partial charge in [0.05, 0.1) is 5.60 Å². The molecule has 0 amide bonds. The number of nitrogens with one attached hydrogen (secondary N) is 1. The van der Waals surface area contributed by atoms with E-state index in [1.54, 1.807) is 0 Å². The Kier molecular flexibility index (Phi) is 7.20. The number of hydrogen-bond donors (Lipinski definition) is 2. The summed E-state index contributed by atoms with van der Waals surface area (Å²) in [5.74, 6) is 0.767. The van der Waals surface area contributed by atoms with Gasteiger partial charge >= 0.3 is 0 Å². The first-order chi connectivity index (χ1) is 8.63. The second-order valence-corrected chi connectivity index (χ2v) is 5.88. The van der Waals surface area contributed by atoms with Gasteiger partial charge in [0, 0.05) is 13.1 Å². The van der Waals surface area contributed by atoms with E-state index in [-0.39, 0.29) is 0 Å². The summed E-state index contributed by atoms with van der Waals surface area (Å²) in [5, 5.41) is 14.0. The lowest BCUT2D eigenvalue weighted by atomic mass is 9.94. The third-order valence-corrected chi connectivity index (χ3v) is 4.29. The fourth-order valence-electron chi connectivity index (χ4n) is 2.89. The molecule has 2 N–H and O–H groups in total. The Labute approximate surface area is 113 Å². The first kappa shape index (κ1) is 15.9. The maximum Gasteiger partial charge on any atom is 0.0768 e. The normalized spacial score (nSPS) is 21.5. The van der Waals surface area contributed by atoms with Crippen molar-refractivity contribution >= 4 is 0 Å². The van der Waals surface area contributed by atoms with Gasteiger partial charge in [-0.1, -0.05) is 20.8 Å². The van der Waals surface area contributed by atoms with Crippen LogP contribution in [0.15, 0.2) is 0 Å². The summed E-state index contributed by atoms with van der Waals surface area (Å²) in [6, 6.07) is 0. The predicted molar refractivity (Wildman–Crippen MR) is 77.9 cm³/mol. The van der Waals surface area contributed by atoms with Crippen LogP contribution in [0.4, 0.5) is 0 Å². The maximum absolute atomic E-state index is 10.5. The van der Waals surface area contributed by atoms with Crippen molar-refractivity contribution in [3.63, 3.8) is 0 Å². The molecular weight excluding hydrogens is 224 g/mol. The fourth-order valence-corrected chi connectivity index (χ4v) is 2.89. The molecule has 1 unspecified atom stereocenters. The average Bonchev–Trinajstić information content (AvgIpc) is 2.40. The van der Waals surface area contributed by atoms with Gasteiger partial charge in [0.25, 0.3) is 0 Å². The topological polar surface area (TPSA) is 35.5 Å². The Morgan fingerprint density at radius 3 is 2.50 bits per heavy atom. The Morgan fingerprint density at radius 2 is 2.00 bits per heavy atom. The van der Waals surface area contributed by atoms with Crippen molar-refractivity contribution in [1.82, 2.24) is 10.2 Å². The summed E-state index contributed by atoms with van der Waals surface area (Å²) in [7, 11) is 0. The van der Waals surface area contributed by atoms with Gasteiger partial charge in [-0.25, -0.2) is 0 Å². The van der Waals surface area contributed by atoms with Crippen LogP contribution in [0.3, 0.4) is 0 Å². The van der Waals surface area contributed by atoms with Crippen LogP contribution in [0.5, 0.6) is 0 Å². The smallest absolute Gasteiger partial charge is 0.0768 e. The van der Waals surface area contributed by atoms with Gasteiger partial charge in [0.2, 0.25) is 0 Å². The highest BCUT2D eigenvalue weighted by molar-refractivity contribution is 4.82. The SMILES string of the molecule is CCCN(CC1CCCNC1)CC(O)(CC)CC. The number of rotatable bonds is 8. The van der Waals surface area contributed by atoms with E-state index in [4.69, 9.17) is 0 Å². The third kappa shape index (κ3) is 5.25. The van der Waals surface area contributed by atoms with E-state index >= 15 is 0 Å². The number of hydrogen-bond acceptors (Lipinski definition) is 3. The first-order valence-electron chi connectivity index (χ1n) is 7.79. The molecular formula is C15H32N2O. The Balaban J connectivity index is 2.47. The summed E-state index contributed by atoms with van der Waals surface area (Å²) >= 11 is 0. The van der Waals surface area contributed by atoms with Crippen LogP contribution in [0.1, 0.15) is 52.9 Å². The highest BCUT2D eigenvalue weighted by atomic mass is 16.3. The molecule has 3 nitrogen and oxygen atoms in total. The molecule has 1 atom stereocenters. The lowest BCUT2D eigenvalue weighted by Gasteiger charge is -2.36. The largest absolute Gasteiger partial charge is 0.389 e. The van der Waals surface area contributed by atoms with Crippen molar-refractivity contribution in [3.8, 4) is 0 Å². The summed E-state index contributed by atoms with van der Waals surface area (Å²) in [5.41, 5.74) is -0.489. The molecule has 0 saturated carbocycles. The molecule has 0 aromatic heterocycles. The molecule has 1 aliphatic rings. The molecule has 108 valence electrons. The van der Waals surface area contributed by atoms with Gasteiger partial charge in [0.1, 0.15) is 0 Å². The van der Waals surface area contributed by atoms with E-state index in [1.807, 2.05) is 0 Å². The average molecular weight is 256 g/mol. The molecule has 0 bridgehead atoms. The van der Waals surface area contributed by atoms with Gasteiger partial charge in [-0.05, 0) is 57.7 Å². The van der Waals surface area contributed by atoms with Crippen LogP contribution in [0.2, 0.25) is 0 Å². The highest BCUT2D eigenvalue weighted by Gasteiger charge is 2.26. The predicted octanol–water partition coefficient (Wildman–Crippen LogP) is 2.25. The van der Waals surface area contributed by atoms with Crippen LogP contribution in [0, 0.1) is 5.92 Å². The van der Waals surface area contributed by atoms with E-state index < -0.39 is 5.60 Å². The molecule has 18 heavy (non-hydrogen) atoms. The molecule has 1 rings (SSSR count). The van der Waals surface area contributed by atoms with Gasteiger partial charge in [-0.3, -0.25) is 0 Å². The Hall–Kier alpha value is -0.120. The third-order valence-electron chi connectivity index (χ3n) is 4.29. The van der Waals surface area contributed by atoms with Gasteiger partial charge in [-0.15, -0.1) is 0 Å². The Bertz CT molecular complexity index is 211. The molecule has 1 heterocycles. The summed E-state index contributed by atoms with van der Waals surface area (Å²) < 4.78 is 0. The maximum atomic E-state index is 10.5. The van der Waals surface area contributed by atoms with Crippen LogP contribution in [-0.2, 0) is 0 Å². The molecule has 3 heteroatoms. The molecule has 1 aliphatic heterocycles. The monoisotopic (exact) mass is 256 g/mol. The van der Waals surface area contributed by atoms with Crippen molar-refractivity contribution < 1.29 is 5.11 Å². The second kappa shape index (κ2) is 8.13. The standard InChI is InChI=1S/C15H32N2O/c1-4-10-17(13-15(18,5-2)6-3)12-14-8-7-9-16-11-14/h14,16,18H,4-13H2,1-3H3. The van der Waals surface area contributed by atoms with E-state index in [0.29, 0.717) is 0 Å². The highest BCUT2D eigenvalue weighted by Crippen LogP contribution is 2.19. The molecule has 1 fully saturated rings. The zero-order valence-corrected chi connectivity index (χ0v) is 12.5. The number of piperidine rings is 1. The molecule has 0 aliphatic carbocycles. The zero-order chi connectivity index (χ0) is 13.4. The fraction of sp³-hybridized carbons (Fsp3) is 1.00. The minimum Gasteiger partial charge on any atom is -0.389 e. The lowest BCUT2D eigenvalue weighted by Crippen LogP contribution is -2.46. The molecule has 1 saturated heterocycles. The van der Waals surface area contributed by atoms with E-state index in [1.165, 1.54) is 25.8 Å². The van der Waals surface area contributed by atoms with Gasteiger partial charge in [-0.2, -0.15) is 0 Å². The van der Waals surface area contributed by atoms with E-state index in [9.17, 15) is 5.11 Å². The molecule has 0 spiro atoms. The molecule has 0 aromatic carbocycles. The lowest BCUT2D eigenvalue weighted by molar-refractivity contribution is -0.00784. The van der Waals surface area contributed by atoms with Crippen LogP contribution in [-0.4, -0.2) is 48.3 Å². The van der Waals surface area contributed by atoms with Crippen LogP contribution < -0.4 is 5.32 Å². The number of aliphatic hydroxyl groups is 1. The van der Waals surface area contributed by atoms with Crippen LogP contribution >= 0.6 is 0 Å². The van der Waals surface area contributed by atoms with Crippen molar-refractivity contribution in [3.05, 3.63) is 0 Å². The molecule has 0 aromatic rings. The minimum atomic E-state index is -0.489. The van der Waals surface area contributed by atoms with Gasteiger partial charge < -0.3 is 15.3 Å². The second-order valence-electron chi connectivity index (χ2n) is 5.88. The zero-order valence-electron chi connectivity index (χ0n) is 12.5. The van der Waals surface area contributed by atoms with Gasteiger partial charge in [0.15, 0.2) is 0 Å². The van der Waals surface area contributed by atoms with Crippen molar-refractivity contribution in [2.45, 2.75) is 58.5 Å². The Morgan fingerprint density at radius 1 is 1.28 bits per heavy atom. The number of nitrogens with zero attached hydrogens (tertiary/aromatic N) is 1. The van der Waals surface area contributed by atoms with Crippen LogP contribution in [0.25, 0.3) is 0 Å². The van der Waals surface area contributed by atoms with Crippen molar-refractivity contribution in [2.24, 2.45) is 5.92 Å². The summed E-state index contributed by atoms with van der Waals surface area (Å²) in [4.78, 5) is 2.48. The minimum absolute atomic E-state index is 0.489. The summed E-state index contributed by atoms with van der Waals surface area (Å²) in [6.07, 6.45) is 5.52. The molecule has 0 radical (unpaired) electrons. The quantitative estimate of drug-likeness (QED) is 0.699. The van der Waals surface area contributed by atoms with Crippen molar-refractivity contribution in [1.29, 1.82) is 0 Å². The summed E-state index contributed by atoms with van der Waals surface area (Å²) in [6.45, 7) is 11.8. The van der Waals surface area contributed by atoms with E-state index in [2.05, 4.69) is 31.0 Å². The van der Waals surface area contributed by atoms with E-state index in [0.717, 1.165) is 44.9 Å². The van der Waals surface area contributed by atoms with Crippen molar-refractivity contribution in [2.75, 3.05) is 32.7 Å². The first-order valence-corrected chi connectivity index (χ1v) is 7.79.